The van der Waals surface area contributed by atoms with Gasteiger partial charge in [-0.1, -0.05) is 0 Å². The van der Waals surface area contributed by atoms with Crippen molar-refractivity contribution in [2.24, 2.45) is 0 Å². The van der Waals surface area contributed by atoms with Crippen molar-refractivity contribution in [3.05, 3.63) is 64.8 Å². The zero-order valence-electron chi connectivity index (χ0n) is 12.7. The second kappa shape index (κ2) is 5.69. The number of nitrogens with zero attached hydrogens (tertiary/aromatic N) is 2. The van der Waals surface area contributed by atoms with Gasteiger partial charge in [-0.25, -0.2) is 9.18 Å². The third-order valence-electron chi connectivity index (χ3n) is 3.79. The molecule has 1 aromatic heterocycles. The molecule has 0 saturated heterocycles. The first-order chi connectivity index (χ1) is 11.4. The molecule has 3 aromatic rings. The summed E-state index contributed by atoms with van der Waals surface area (Å²) in [6.45, 7) is 0. The quantitative estimate of drug-likeness (QED) is 0.708. The highest BCUT2D eigenvalue weighted by Crippen LogP contribution is 2.24. The van der Waals surface area contributed by atoms with E-state index in [9.17, 15) is 14.0 Å². The van der Waals surface area contributed by atoms with Crippen LogP contribution in [0.2, 0.25) is 0 Å². The molecule has 122 valence electrons. The average Bonchev–Trinajstić information content (AvgIpc) is 2.55. The molecule has 0 spiro atoms. The largest absolute Gasteiger partial charge is 0.465 e. The molecule has 3 rings (SSSR count). The third kappa shape index (κ3) is 2.56. The summed E-state index contributed by atoms with van der Waals surface area (Å²) in [5, 5.41) is 9.60. The number of rotatable bonds is 2. The van der Waals surface area contributed by atoms with E-state index in [0.717, 1.165) is 11.0 Å². The summed E-state index contributed by atoms with van der Waals surface area (Å²) in [6.07, 6.45) is 0.266. The van der Waals surface area contributed by atoms with E-state index in [1.54, 1.807) is 36.5 Å². The highest BCUT2D eigenvalue weighted by molar-refractivity contribution is 5.91. The second-order valence-corrected chi connectivity index (χ2v) is 5.31. The molecule has 0 atom stereocenters. The van der Waals surface area contributed by atoms with Crippen LogP contribution < -0.4 is 16.2 Å². The molecule has 0 bridgehead atoms. The van der Waals surface area contributed by atoms with Gasteiger partial charge in [0.25, 0.3) is 5.56 Å². The molecule has 0 aliphatic rings. The highest BCUT2D eigenvalue weighted by Gasteiger charge is 2.16. The van der Waals surface area contributed by atoms with E-state index in [1.807, 2.05) is 0 Å². The van der Waals surface area contributed by atoms with Gasteiger partial charge >= 0.3 is 6.09 Å². The molecule has 0 radical (unpaired) electrons. The number of fused-ring (bicyclic) bond motifs is 1. The van der Waals surface area contributed by atoms with Gasteiger partial charge < -0.3 is 10.8 Å². The van der Waals surface area contributed by atoms with Gasteiger partial charge in [-0.05, 0) is 47.9 Å². The molecule has 3 N–H and O–H groups in total. The number of carbonyl (C=O) groups is 1. The lowest BCUT2D eigenvalue weighted by Gasteiger charge is -2.15. The van der Waals surface area contributed by atoms with Crippen LogP contribution in [0.15, 0.2) is 53.5 Å². The predicted octanol–water partition coefficient (Wildman–Crippen LogP) is 2.83. The fourth-order valence-corrected chi connectivity index (χ4v) is 2.45. The minimum Gasteiger partial charge on any atom is -0.465 e. The molecule has 7 heteroatoms. The maximum atomic E-state index is 14.2. The fourth-order valence-electron chi connectivity index (χ4n) is 2.45. The van der Waals surface area contributed by atoms with Crippen molar-refractivity contribution < 1.29 is 14.3 Å². The molecule has 0 aliphatic carbocycles. The summed E-state index contributed by atoms with van der Waals surface area (Å²) in [5.41, 5.74) is 6.29. The van der Waals surface area contributed by atoms with Crippen LogP contribution in [0, 0.1) is 5.82 Å². The summed E-state index contributed by atoms with van der Waals surface area (Å²) >= 11 is 0. The lowest BCUT2D eigenvalue weighted by Crippen LogP contribution is -2.25. The van der Waals surface area contributed by atoms with Gasteiger partial charge in [0.15, 0.2) is 0 Å². The number of pyridine rings is 1. The van der Waals surface area contributed by atoms with Crippen molar-refractivity contribution in [2.75, 3.05) is 17.7 Å². The minimum absolute atomic E-state index is 0.111. The van der Waals surface area contributed by atoms with Gasteiger partial charge in [-0.2, -0.15) is 0 Å². The first-order valence-electron chi connectivity index (χ1n) is 7.06. The number of aromatic nitrogens is 1. The summed E-state index contributed by atoms with van der Waals surface area (Å²) in [6, 6.07) is 10.7. The average molecular weight is 327 g/mol. The Morgan fingerprint density at radius 2 is 1.88 bits per heavy atom. The minimum atomic E-state index is -1.29. The number of nitrogen functional groups attached to an aromatic ring is 1. The number of hydrogen-bond donors (Lipinski definition) is 2. The van der Waals surface area contributed by atoms with Crippen LogP contribution in [0.25, 0.3) is 16.5 Å². The van der Waals surface area contributed by atoms with Crippen LogP contribution in [0.4, 0.5) is 20.6 Å². The molecule has 0 saturated carbocycles. The number of nitrogens with two attached hydrogens (primary N) is 1. The molecule has 1 heterocycles. The lowest BCUT2D eigenvalue weighted by molar-refractivity contribution is 0.203. The highest BCUT2D eigenvalue weighted by atomic mass is 19.1. The molecule has 0 unspecified atom stereocenters. The predicted molar refractivity (Wildman–Crippen MR) is 90.3 cm³/mol. The number of carboxylic acid groups (broad SMARTS) is 1. The molecule has 2 aromatic carbocycles. The first-order valence-corrected chi connectivity index (χ1v) is 7.06. The van der Waals surface area contributed by atoms with Gasteiger partial charge in [0.05, 0.1) is 11.1 Å². The van der Waals surface area contributed by atoms with Crippen molar-refractivity contribution in [2.45, 2.75) is 0 Å². The Morgan fingerprint density at radius 3 is 2.50 bits per heavy atom. The Morgan fingerprint density at radius 1 is 1.21 bits per heavy atom. The van der Waals surface area contributed by atoms with Crippen LogP contribution in [0.1, 0.15) is 0 Å². The van der Waals surface area contributed by atoms with E-state index in [-0.39, 0.29) is 11.1 Å². The van der Waals surface area contributed by atoms with E-state index in [4.69, 9.17) is 10.8 Å². The number of halogens is 1. The lowest BCUT2D eigenvalue weighted by atomic mass is 10.1. The number of hydrogen-bond acceptors (Lipinski definition) is 3. The molecular formula is C17H14FN3O3. The summed E-state index contributed by atoms with van der Waals surface area (Å²) in [4.78, 5) is 24.4. The van der Waals surface area contributed by atoms with E-state index in [1.165, 1.54) is 17.7 Å². The topological polar surface area (TPSA) is 88.6 Å². The Hall–Kier alpha value is -3.35. The number of benzene rings is 2. The van der Waals surface area contributed by atoms with Crippen molar-refractivity contribution in [1.82, 2.24) is 4.57 Å². The van der Waals surface area contributed by atoms with Gasteiger partial charge in [0, 0.05) is 24.6 Å². The van der Waals surface area contributed by atoms with Crippen LogP contribution >= 0.6 is 0 Å². The smallest absolute Gasteiger partial charge is 0.411 e. The molecule has 6 nitrogen and oxygen atoms in total. The van der Waals surface area contributed by atoms with Crippen LogP contribution in [0.3, 0.4) is 0 Å². The number of amides is 1. The monoisotopic (exact) mass is 327 g/mol. The van der Waals surface area contributed by atoms with Crippen LogP contribution in [0.5, 0.6) is 0 Å². The molecule has 24 heavy (non-hydrogen) atoms. The normalized spacial score (nSPS) is 10.8. The Balaban J connectivity index is 2.20. The summed E-state index contributed by atoms with van der Waals surface area (Å²) in [7, 11) is 1.24. The Kier molecular flexibility index (Phi) is 3.69. The van der Waals surface area contributed by atoms with Gasteiger partial charge in [-0.15, -0.1) is 0 Å². The zero-order valence-corrected chi connectivity index (χ0v) is 12.7. The van der Waals surface area contributed by atoms with Gasteiger partial charge in [0.2, 0.25) is 0 Å². The van der Waals surface area contributed by atoms with Crippen molar-refractivity contribution >= 4 is 28.2 Å². The standard InChI is InChI=1S/C17H14FN3O3/c1-20(17(23)24)15-8-10-6-7-21(12-4-2-11(19)3-5-12)16(22)13(10)9-14(15)18/h2-9H,19H2,1H3,(H,23,24). The Labute approximate surface area is 136 Å². The molecule has 1 amide bonds. The summed E-state index contributed by atoms with van der Waals surface area (Å²) in [5.74, 6) is -0.778. The maximum Gasteiger partial charge on any atom is 0.411 e. The second-order valence-electron chi connectivity index (χ2n) is 5.31. The fraction of sp³-hybridized carbons (Fsp3) is 0.0588. The van der Waals surface area contributed by atoms with E-state index in [0.29, 0.717) is 16.8 Å². The van der Waals surface area contributed by atoms with E-state index < -0.39 is 17.5 Å². The SMILES string of the molecule is CN(C(=O)O)c1cc2ccn(-c3ccc(N)cc3)c(=O)c2cc1F. The molecule has 0 fully saturated rings. The van der Waals surface area contributed by atoms with E-state index in [2.05, 4.69) is 0 Å². The van der Waals surface area contributed by atoms with Crippen LogP contribution in [-0.2, 0) is 0 Å². The maximum absolute atomic E-state index is 14.2. The zero-order chi connectivity index (χ0) is 17.4. The summed E-state index contributed by atoms with van der Waals surface area (Å²) < 4.78 is 15.6. The van der Waals surface area contributed by atoms with Gasteiger partial charge in [0.1, 0.15) is 5.82 Å². The van der Waals surface area contributed by atoms with Crippen molar-refractivity contribution in [3.63, 3.8) is 0 Å². The van der Waals surface area contributed by atoms with Crippen molar-refractivity contribution in [1.29, 1.82) is 0 Å². The first kappa shape index (κ1) is 15.5. The molecule has 0 aliphatic heterocycles. The van der Waals surface area contributed by atoms with Crippen molar-refractivity contribution in [3.8, 4) is 5.69 Å². The third-order valence-corrected chi connectivity index (χ3v) is 3.79. The Bertz CT molecular complexity index is 996. The van der Waals surface area contributed by atoms with Gasteiger partial charge in [-0.3, -0.25) is 14.3 Å². The molecular weight excluding hydrogens is 313 g/mol. The number of anilines is 2. The van der Waals surface area contributed by atoms with E-state index >= 15 is 0 Å². The van der Waals surface area contributed by atoms with Crippen LogP contribution in [-0.4, -0.2) is 22.8 Å².